The quantitative estimate of drug-likeness (QED) is 0.510. The van der Waals surface area contributed by atoms with Crippen LogP contribution in [-0.2, 0) is 13.1 Å². The zero-order valence-electron chi connectivity index (χ0n) is 16.5. The van der Waals surface area contributed by atoms with Crippen molar-refractivity contribution in [2.45, 2.75) is 26.9 Å². The van der Waals surface area contributed by atoms with Crippen molar-refractivity contribution in [1.29, 1.82) is 0 Å². The van der Waals surface area contributed by atoms with E-state index in [0.717, 1.165) is 53.6 Å². The molecular weight excluding hydrogens is 390 g/mol. The summed E-state index contributed by atoms with van der Waals surface area (Å²) in [6.07, 6.45) is 0. The average Bonchev–Trinajstić information content (AvgIpc) is 2.98. The number of aryl methyl sites for hydroxylation is 2. The first kappa shape index (κ1) is 19.7. The monoisotopic (exact) mass is 413 g/mol. The molecule has 1 aliphatic rings. The van der Waals surface area contributed by atoms with E-state index in [9.17, 15) is 14.9 Å². The van der Waals surface area contributed by atoms with E-state index in [0.29, 0.717) is 17.8 Å². The number of benzene rings is 1. The molecule has 0 spiro atoms. The molecule has 1 saturated heterocycles. The van der Waals surface area contributed by atoms with Crippen molar-refractivity contribution < 1.29 is 4.92 Å². The van der Waals surface area contributed by atoms with E-state index in [1.165, 1.54) is 0 Å². The molecule has 0 amide bonds. The number of rotatable bonds is 5. The number of hydrogen-bond acceptors (Lipinski definition) is 7. The molecule has 2 aromatic heterocycles. The van der Waals surface area contributed by atoms with Crippen molar-refractivity contribution in [2.24, 2.45) is 0 Å². The molecule has 1 fully saturated rings. The van der Waals surface area contributed by atoms with Crippen LogP contribution in [0.5, 0.6) is 0 Å². The highest BCUT2D eigenvalue weighted by Crippen LogP contribution is 2.25. The van der Waals surface area contributed by atoms with Crippen LogP contribution < -0.4 is 5.56 Å². The van der Waals surface area contributed by atoms with Crippen LogP contribution in [0.3, 0.4) is 0 Å². The molecule has 1 aromatic carbocycles. The van der Waals surface area contributed by atoms with Crippen LogP contribution >= 0.6 is 11.3 Å². The summed E-state index contributed by atoms with van der Waals surface area (Å²) in [5.41, 5.74) is 2.16. The Morgan fingerprint density at radius 3 is 2.34 bits per heavy atom. The first-order chi connectivity index (χ1) is 13.9. The van der Waals surface area contributed by atoms with Gasteiger partial charge < -0.3 is 4.98 Å². The summed E-state index contributed by atoms with van der Waals surface area (Å²) in [5, 5.41) is 11.5. The van der Waals surface area contributed by atoms with E-state index < -0.39 is 0 Å². The Labute approximate surface area is 171 Å². The molecule has 8 nitrogen and oxygen atoms in total. The van der Waals surface area contributed by atoms with Gasteiger partial charge in [0.25, 0.3) is 11.2 Å². The van der Waals surface area contributed by atoms with Gasteiger partial charge in [-0.05, 0) is 25.0 Å². The molecule has 0 aliphatic carbocycles. The molecule has 4 rings (SSSR count). The van der Waals surface area contributed by atoms with Gasteiger partial charge in [0.2, 0.25) is 0 Å². The van der Waals surface area contributed by atoms with E-state index in [4.69, 9.17) is 0 Å². The molecule has 1 aliphatic heterocycles. The zero-order chi connectivity index (χ0) is 20.5. The molecule has 0 saturated carbocycles. The molecule has 9 heteroatoms. The molecule has 3 aromatic rings. The highest BCUT2D eigenvalue weighted by Gasteiger charge is 2.19. The number of aromatic amines is 1. The lowest BCUT2D eigenvalue weighted by Crippen LogP contribution is -2.45. The molecule has 0 unspecified atom stereocenters. The van der Waals surface area contributed by atoms with E-state index >= 15 is 0 Å². The molecule has 0 atom stereocenters. The van der Waals surface area contributed by atoms with Gasteiger partial charge in [0.1, 0.15) is 10.7 Å². The highest BCUT2D eigenvalue weighted by molar-refractivity contribution is 7.18. The first-order valence-corrected chi connectivity index (χ1v) is 10.4. The number of H-pyrrole nitrogens is 1. The number of piperazine rings is 1. The number of aromatic nitrogens is 2. The van der Waals surface area contributed by atoms with Crippen molar-refractivity contribution in [3.05, 3.63) is 66.6 Å². The van der Waals surface area contributed by atoms with Crippen molar-refractivity contribution in [3.63, 3.8) is 0 Å². The minimum atomic E-state index is -0.378. The second-order valence-electron chi connectivity index (χ2n) is 7.45. The second-order valence-corrected chi connectivity index (χ2v) is 8.66. The van der Waals surface area contributed by atoms with Crippen LogP contribution in [0.15, 0.2) is 29.1 Å². The number of hydrogen-bond donors (Lipinski definition) is 1. The van der Waals surface area contributed by atoms with Gasteiger partial charge in [0, 0.05) is 49.7 Å². The molecule has 1 N–H and O–H groups in total. The van der Waals surface area contributed by atoms with Crippen LogP contribution in [0.4, 0.5) is 5.69 Å². The summed E-state index contributed by atoms with van der Waals surface area (Å²) in [6, 6.07) is 6.74. The van der Waals surface area contributed by atoms with E-state index in [2.05, 4.69) is 19.8 Å². The van der Waals surface area contributed by atoms with Crippen molar-refractivity contribution in [1.82, 2.24) is 19.8 Å². The topological polar surface area (TPSA) is 95.4 Å². The fourth-order valence-corrected chi connectivity index (χ4v) is 4.72. The number of nitrogens with one attached hydrogen (secondary N) is 1. The Bertz CT molecular complexity index is 1100. The molecule has 0 bridgehead atoms. The van der Waals surface area contributed by atoms with Gasteiger partial charge in [-0.15, -0.1) is 11.3 Å². The third-order valence-corrected chi connectivity index (χ3v) is 6.58. The SMILES string of the molecule is Cc1sc2nc(CN3CCN(Cc4ccc([N+](=O)[O-])cc4)CC3)[nH]c(=O)c2c1C. The summed E-state index contributed by atoms with van der Waals surface area (Å²) in [4.78, 5) is 37.0. The summed E-state index contributed by atoms with van der Waals surface area (Å²) in [7, 11) is 0. The summed E-state index contributed by atoms with van der Waals surface area (Å²) < 4.78 is 0. The number of nitrogens with zero attached hydrogens (tertiary/aromatic N) is 4. The van der Waals surface area contributed by atoms with Crippen LogP contribution in [0.2, 0.25) is 0 Å². The predicted octanol–water partition coefficient (Wildman–Crippen LogP) is 2.83. The third-order valence-electron chi connectivity index (χ3n) is 5.48. The predicted molar refractivity (Wildman–Crippen MR) is 113 cm³/mol. The first-order valence-electron chi connectivity index (χ1n) is 9.57. The number of nitro groups is 1. The lowest BCUT2D eigenvalue weighted by atomic mass is 10.2. The van der Waals surface area contributed by atoms with Crippen molar-refractivity contribution in [3.8, 4) is 0 Å². The average molecular weight is 414 g/mol. The van der Waals surface area contributed by atoms with Gasteiger partial charge in [0.05, 0.1) is 16.9 Å². The maximum absolute atomic E-state index is 12.4. The standard InChI is InChI=1S/C20H23N5O3S/c1-13-14(2)29-20-18(13)19(26)21-17(22-20)12-24-9-7-23(8-10-24)11-15-3-5-16(6-4-15)25(27)28/h3-6H,7-12H2,1-2H3,(H,21,22,26). The smallest absolute Gasteiger partial charge is 0.269 e. The Morgan fingerprint density at radius 1 is 1.10 bits per heavy atom. The number of non-ortho nitro benzene ring substituents is 1. The molecule has 3 heterocycles. The summed E-state index contributed by atoms with van der Waals surface area (Å²) >= 11 is 1.57. The molecule has 152 valence electrons. The van der Waals surface area contributed by atoms with Crippen molar-refractivity contribution >= 4 is 27.2 Å². The van der Waals surface area contributed by atoms with E-state index in [1.807, 2.05) is 26.0 Å². The van der Waals surface area contributed by atoms with E-state index in [-0.39, 0.29) is 16.2 Å². The van der Waals surface area contributed by atoms with Crippen LogP contribution in [-0.4, -0.2) is 50.9 Å². The lowest BCUT2D eigenvalue weighted by Gasteiger charge is -2.34. The number of nitro benzene ring substituents is 1. The molecule has 0 radical (unpaired) electrons. The Morgan fingerprint density at radius 2 is 1.72 bits per heavy atom. The largest absolute Gasteiger partial charge is 0.309 e. The maximum atomic E-state index is 12.4. The molecule has 29 heavy (non-hydrogen) atoms. The normalized spacial score (nSPS) is 15.8. The van der Waals surface area contributed by atoms with Crippen LogP contribution in [0.1, 0.15) is 21.8 Å². The Hall–Kier alpha value is -2.62. The lowest BCUT2D eigenvalue weighted by molar-refractivity contribution is -0.384. The van der Waals surface area contributed by atoms with Gasteiger partial charge in [-0.2, -0.15) is 0 Å². The zero-order valence-corrected chi connectivity index (χ0v) is 17.3. The number of fused-ring (bicyclic) bond motifs is 1. The second kappa shape index (κ2) is 8.02. The molecular formula is C20H23N5O3S. The fourth-order valence-electron chi connectivity index (χ4n) is 3.67. The maximum Gasteiger partial charge on any atom is 0.269 e. The number of thiophene rings is 1. The van der Waals surface area contributed by atoms with Crippen molar-refractivity contribution in [2.75, 3.05) is 26.2 Å². The van der Waals surface area contributed by atoms with Gasteiger partial charge in [0.15, 0.2) is 0 Å². The summed E-state index contributed by atoms with van der Waals surface area (Å²) in [6.45, 7) is 8.98. The van der Waals surface area contributed by atoms with Crippen LogP contribution in [0, 0.1) is 24.0 Å². The highest BCUT2D eigenvalue weighted by atomic mass is 32.1. The fraction of sp³-hybridized carbons (Fsp3) is 0.400. The van der Waals surface area contributed by atoms with Crippen LogP contribution in [0.25, 0.3) is 10.2 Å². The Kier molecular flexibility index (Phi) is 5.44. The van der Waals surface area contributed by atoms with Gasteiger partial charge in [-0.25, -0.2) is 4.98 Å². The van der Waals surface area contributed by atoms with Gasteiger partial charge in [-0.1, -0.05) is 12.1 Å². The summed E-state index contributed by atoms with van der Waals surface area (Å²) in [5.74, 6) is 0.715. The van der Waals surface area contributed by atoms with E-state index in [1.54, 1.807) is 23.5 Å². The third kappa shape index (κ3) is 4.21. The van der Waals surface area contributed by atoms with Gasteiger partial charge >= 0.3 is 0 Å². The minimum absolute atomic E-state index is 0.0522. The Balaban J connectivity index is 1.36. The van der Waals surface area contributed by atoms with Gasteiger partial charge in [-0.3, -0.25) is 24.7 Å². The minimum Gasteiger partial charge on any atom is -0.309 e.